The largest absolute Gasteiger partial charge is 0.417 e. The van der Waals surface area contributed by atoms with Crippen molar-refractivity contribution >= 4 is 33.6 Å². The van der Waals surface area contributed by atoms with E-state index in [2.05, 4.69) is 10.2 Å². The molecular weight excluding hydrogens is 677 g/mol. The van der Waals surface area contributed by atoms with Gasteiger partial charge in [-0.05, 0) is 31.4 Å². The summed E-state index contributed by atoms with van der Waals surface area (Å²) in [4.78, 5) is 27.5. The van der Waals surface area contributed by atoms with E-state index in [-0.39, 0.29) is 55.2 Å². The van der Waals surface area contributed by atoms with Crippen LogP contribution < -0.4 is 5.32 Å². The third kappa shape index (κ3) is 8.88. The van der Waals surface area contributed by atoms with Gasteiger partial charge in [-0.1, -0.05) is 6.07 Å². The van der Waals surface area contributed by atoms with Gasteiger partial charge in [-0.25, -0.2) is 8.42 Å². The lowest BCUT2D eigenvalue weighted by Crippen LogP contribution is -2.47. The summed E-state index contributed by atoms with van der Waals surface area (Å²) in [5.41, 5.74) is 0.937. The maximum absolute atomic E-state index is 14.1. The SMILES string of the molecule is CS(=O)(=O)N1CCc2c(c(-c3ccc(C(F)(F)F)c(SCC(=O)N4CC[C@H](O)C4)c3)nn2CC(O)CN2CCC(NC(=O)CO)CC2)C1. The van der Waals surface area contributed by atoms with Gasteiger partial charge < -0.3 is 30.4 Å². The van der Waals surface area contributed by atoms with Gasteiger partial charge in [-0.2, -0.15) is 22.6 Å². The third-order valence-corrected chi connectivity index (χ3v) is 11.2. The number of fused-ring (bicyclic) bond motifs is 1. The second kappa shape index (κ2) is 15.0. The molecule has 0 bridgehead atoms. The Hall–Kier alpha value is -2.74. The van der Waals surface area contributed by atoms with E-state index in [0.29, 0.717) is 68.0 Å². The Morgan fingerprint density at radius 2 is 1.85 bits per heavy atom. The molecule has 266 valence electrons. The van der Waals surface area contributed by atoms with Crippen LogP contribution in [0.1, 0.15) is 36.1 Å². The number of aromatic nitrogens is 2. The fourth-order valence-electron chi connectivity index (χ4n) is 6.44. The van der Waals surface area contributed by atoms with Crippen molar-refractivity contribution in [3.63, 3.8) is 0 Å². The van der Waals surface area contributed by atoms with Crippen molar-refractivity contribution in [3.8, 4) is 11.3 Å². The smallest absolute Gasteiger partial charge is 0.391 e. The van der Waals surface area contributed by atoms with E-state index in [1.807, 2.05) is 0 Å². The van der Waals surface area contributed by atoms with Gasteiger partial charge in [0.15, 0.2) is 0 Å². The van der Waals surface area contributed by atoms with Gasteiger partial charge in [0, 0.05) is 80.0 Å². The second-order valence-corrected chi connectivity index (χ2v) is 15.5. The van der Waals surface area contributed by atoms with E-state index in [9.17, 15) is 41.4 Å². The zero-order chi connectivity index (χ0) is 34.8. The van der Waals surface area contributed by atoms with Crippen LogP contribution in [0.3, 0.4) is 0 Å². The molecule has 13 nitrogen and oxygen atoms in total. The van der Waals surface area contributed by atoms with E-state index >= 15 is 0 Å². The molecule has 2 aromatic rings. The average molecular weight is 719 g/mol. The normalized spacial score (nSPS) is 20.6. The molecular formula is C30H41F3N6O7S2. The first-order valence-electron chi connectivity index (χ1n) is 15.8. The van der Waals surface area contributed by atoms with Crippen LogP contribution >= 0.6 is 11.8 Å². The first kappa shape index (κ1) is 36.5. The van der Waals surface area contributed by atoms with Crippen LogP contribution in [0.4, 0.5) is 13.2 Å². The number of rotatable bonds is 11. The number of hydrogen-bond acceptors (Lipinski definition) is 10. The van der Waals surface area contributed by atoms with Crippen LogP contribution in [0, 0.1) is 0 Å². The summed E-state index contributed by atoms with van der Waals surface area (Å²) >= 11 is 0.748. The minimum Gasteiger partial charge on any atom is -0.391 e. The van der Waals surface area contributed by atoms with Crippen LogP contribution in [-0.4, -0.2) is 136 Å². The van der Waals surface area contributed by atoms with Gasteiger partial charge in [-0.15, -0.1) is 11.8 Å². The van der Waals surface area contributed by atoms with Crippen molar-refractivity contribution in [2.75, 3.05) is 57.9 Å². The standard InChI is InChI=1S/C30H41F3N6O7S2/c1-48(45,46)38-11-7-25-23(16-38)29(35-39(25)15-22(42)13-36-8-4-20(5-9-36)34-27(43)17-40)19-2-3-24(30(31,32)33)26(12-19)47-18-28(44)37-10-6-21(41)14-37/h2-3,12,20-22,40-42H,4-11,13-18H2,1H3,(H,34,43)/t21-,22?/m0/s1. The molecule has 4 heterocycles. The Morgan fingerprint density at radius 3 is 2.48 bits per heavy atom. The van der Waals surface area contributed by atoms with Crippen LogP contribution in [0.15, 0.2) is 23.1 Å². The predicted molar refractivity (Wildman–Crippen MR) is 170 cm³/mol. The molecule has 18 heteroatoms. The van der Waals surface area contributed by atoms with Crippen molar-refractivity contribution in [3.05, 3.63) is 35.0 Å². The number of carbonyl (C=O) groups is 2. The number of nitrogens with zero attached hydrogens (tertiary/aromatic N) is 5. The molecule has 48 heavy (non-hydrogen) atoms. The number of halogens is 3. The average Bonchev–Trinajstić information content (AvgIpc) is 3.63. The van der Waals surface area contributed by atoms with E-state index in [1.54, 1.807) is 4.68 Å². The lowest BCUT2D eigenvalue weighted by molar-refractivity contribution is -0.139. The lowest BCUT2D eigenvalue weighted by Gasteiger charge is -2.33. The number of aliphatic hydroxyl groups is 3. The highest BCUT2D eigenvalue weighted by Crippen LogP contribution is 2.40. The molecule has 0 aliphatic carbocycles. The Balaban J connectivity index is 1.38. The highest BCUT2D eigenvalue weighted by molar-refractivity contribution is 8.00. The fourth-order valence-corrected chi connectivity index (χ4v) is 8.24. The number of thioether (sulfide) groups is 1. The first-order chi connectivity index (χ1) is 22.6. The van der Waals surface area contributed by atoms with Gasteiger partial charge in [0.2, 0.25) is 21.8 Å². The Labute approximate surface area is 281 Å². The van der Waals surface area contributed by atoms with Gasteiger partial charge in [0.1, 0.15) is 6.61 Å². The minimum absolute atomic E-state index is 0.0358. The molecule has 1 aromatic heterocycles. The van der Waals surface area contributed by atoms with E-state index in [1.165, 1.54) is 21.3 Å². The molecule has 2 atom stereocenters. The number of sulfonamides is 1. The Bertz CT molecular complexity index is 1600. The van der Waals surface area contributed by atoms with Crippen molar-refractivity contribution in [2.24, 2.45) is 0 Å². The Kier molecular flexibility index (Phi) is 11.4. The molecule has 2 saturated heterocycles. The minimum atomic E-state index is -4.69. The summed E-state index contributed by atoms with van der Waals surface area (Å²) in [5, 5.41) is 37.3. The molecule has 0 radical (unpaired) electrons. The van der Waals surface area contributed by atoms with Gasteiger partial charge >= 0.3 is 6.18 Å². The molecule has 0 spiro atoms. The van der Waals surface area contributed by atoms with Crippen LogP contribution in [0.5, 0.6) is 0 Å². The van der Waals surface area contributed by atoms with Gasteiger partial charge in [-0.3, -0.25) is 14.3 Å². The summed E-state index contributed by atoms with van der Waals surface area (Å²) in [6.45, 7) is 1.66. The van der Waals surface area contributed by atoms with Crippen LogP contribution in [0.25, 0.3) is 11.3 Å². The predicted octanol–water partition coefficient (Wildman–Crippen LogP) is 0.506. The number of alkyl halides is 3. The zero-order valence-electron chi connectivity index (χ0n) is 26.5. The lowest BCUT2D eigenvalue weighted by atomic mass is 10.0. The summed E-state index contributed by atoms with van der Waals surface area (Å²) in [6.07, 6.45) is -3.12. The van der Waals surface area contributed by atoms with E-state index in [4.69, 9.17) is 10.2 Å². The second-order valence-electron chi connectivity index (χ2n) is 12.5. The molecule has 5 rings (SSSR count). The van der Waals surface area contributed by atoms with Crippen molar-refractivity contribution in [1.29, 1.82) is 0 Å². The number of nitrogens with one attached hydrogen (secondary N) is 1. The molecule has 2 fully saturated rings. The van der Waals surface area contributed by atoms with E-state index < -0.39 is 46.5 Å². The van der Waals surface area contributed by atoms with Gasteiger partial charge in [0.25, 0.3) is 0 Å². The van der Waals surface area contributed by atoms with Crippen molar-refractivity contribution in [1.82, 2.24) is 29.2 Å². The maximum Gasteiger partial charge on any atom is 0.417 e. The van der Waals surface area contributed by atoms with Crippen molar-refractivity contribution in [2.45, 2.75) is 68.1 Å². The number of piperidine rings is 1. The number of carbonyl (C=O) groups excluding carboxylic acids is 2. The summed E-state index contributed by atoms with van der Waals surface area (Å²) in [6, 6.07) is 3.48. The van der Waals surface area contributed by atoms with Crippen LogP contribution in [-0.2, 0) is 45.3 Å². The highest BCUT2D eigenvalue weighted by Gasteiger charge is 2.36. The molecule has 3 aliphatic heterocycles. The highest BCUT2D eigenvalue weighted by atomic mass is 32.2. The number of benzene rings is 1. The third-order valence-electron chi connectivity index (χ3n) is 8.94. The van der Waals surface area contributed by atoms with Crippen LogP contribution in [0.2, 0.25) is 0 Å². The fraction of sp³-hybridized carbons (Fsp3) is 0.633. The molecule has 3 aliphatic rings. The number of hydrogen-bond donors (Lipinski definition) is 4. The monoisotopic (exact) mass is 718 g/mol. The molecule has 0 saturated carbocycles. The van der Waals surface area contributed by atoms with Crippen molar-refractivity contribution < 1.29 is 46.5 Å². The molecule has 1 unspecified atom stereocenters. The number of aliphatic hydroxyl groups excluding tert-OH is 3. The molecule has 1 aromatic carbocycles. The molecule has 2 amide bonds. The summed E-state index contributed by atoms with van der Waals surface area (Å²) in [7, 11) is -3.59. The topological polar surface area (TPSA) is 169 Å². The number of likely N-dealkylation sites (tertiary alicyclic amines) is 2. The zero-order valence-corrected chi connectivity index (χ0v) is 28.2. The maximum atomic E-state index is 14.1. The quantitative estimate of drug-likeness (QED) is 0.240. The summed E-state index contributed by atoms with van der Waals surface area (Å²) in [5.74, 6) is -1.07. The molecule has 4 N–H and O–H groups in total. The van der Waals surface area contributed by atoms with Gasteiger partial charge in [0.05, 0.1) is 42.0 Å². The summed E-state index contributed by atoms with van der Waals surface area (Å²) < 4.78 is 70.0. The first-order valence-corrected chi connectivity index (χ1v) is 18.6. The number of amides is 2. The number of β-amino-alcohol motifs (C(OH)–C–C–N with tert-alkyl or cyclic N) is 2. The van der Waals surface area contributed by atoms with E-state index in [0.717, 1.165) is 24.1 Å². The Morgan fingerprint density at radius 1 is 1.12 bits per heavy atom.